The Hall–Kier alpha value is -1.96. The van der Waals surface area contributed by atoms with Crippen LogP contribution in [0.3, 0.4) is 0 Å². The lowest BCUT2D eigenvalue weighted by Gasteiger charge is -2.26. The maximum Gasteiger partial charge on any atom is 0.0340 e. The molecule has 0 aromatic heterocycles. The van der Waals surface area contributed by atoms with Gasteiger partial charge in [0, 0.05) is 23.3 Å². The molecule has 0 bridgehead atoms. The van der Waals surface area contributed by atoms with Crippen LogP contribution >= 0.6 is 0 Å². The molecule has 2 nitrogen and oxygen atoms in total. The summed E-state index contributed by atoms with van der Waals surface area (Å²) in [5, 5.41) is 3.49. The topological polar surface area (TPSA) is 38.0 Å². The summed E-state index contributed by atoms with van der Waals surface area (Å²) in [6.07, 6.45) is 3.78. The van der Waals surface area contributed by atoms with E-state index in [1.807, 2.05) is 12.1 Å². The fraction of sp³-hybridized carbons (Fsp3) is 0.400. The maximum absolute atomic E-state index is 5.79. The Balaban J connectivity index is 2.06. The molecule has 0 aliphatic heterocycles. The largest absolute Gasteiger partial charge is 0.399 e. The highest BCUT2D eigenvalue weighted by Crippen LogP contribution is 2.32. The number of hydrogen-bond donors (Lipinski definition) is 2. The maximum atomic E-state index is 5.79. The highest BCUT2D eigenvalue weighted by atomic mass is 14.9. The standard InChI is InChI=1S/C20H28N2/c1-4-5-6-15-22-19-13-9-17(10-14-19)20(2,3)16-7-11-18(21)12-8-16/h7-14,22H,4-6,15,21H2,1-3H3. The number of unbranched alkanes of at least 4 members (excludes halogenated alkanes) is 2. The van der Waals surface area contributed by atoms with E-state index in [9.17, 15) is 0 Å². The minimum atomic E-state index is -0.0194. The molecule has 0 amide bonds. The first kappa shape index (κ1) is 16.4. The molecule has 22 heavy (non-hydrogen) atoms. The summed E-state index contributed by atoms with van der Waals surface area (Å²) in [6, 6.07) is 17.0. The van der Waals surface area contributed by atoms with Crippen LogP contribution in [-0.2, 0) is 5.41 Å². The van der Waals surface area contributed by atoms with Crippen LogP contribution in [0.5, 0.6) is 0 Å². The van der Waals surface area contributed by atoms with Crippen LogP contribution in [0.2, 0.25) is 0 Å². The second-order valence-corrected chi connectivity index (χ2v) is 6.46. The molecule has 0 radical (unpaired) electrons. The van der Waals surface area contributed by atoms with Crippen LogP contribution in [0.25, 0.3) is 0 Å². The lowest BCUT2D eigenvalue weighted by Crippen LogP contribution is -2.18. The number of nitrogen functional groups attached to an aromatic ring is 1. The molecule has 2 aromatic carbocycles. The first-order chi connectivity index (χ1) is 10.5. The summed E-state index contributed by atoms with van der Waals surface area (Å²) in [4.78, 5) is 0. The van der Waals surface area contributed by atoms with E-state index in [2.05, 4.69) is 62.5 Å². The molecule has 2 heteroatoms. The van der Waals surface area contributed by atoms with Crippen LogP contribution in [0, 0.1) is 0 Å². The Kier molecular flexibility index (Phi) is 5.48. The van der Waals surface area contributed by atoms with E-state index in [-0.39, 0.29) is 5.41 Å². The summed E-state index contributed by atoms with van der Waals surface area (Å²) in [6.45, 7) is 7.78. The summed E-state index contributed by atoms with van der Waals surface area (Å²) in [7, 11) is 0. The molecule has 0 fully saturated rings. The van der Waals surface area contributed by atoms with Crippen LogP contribution in [0.15, 0.2) is 48.5 Å². The molecule has 0 heterocycles. The van der Waals surface area contributed by atoms with Crippen molar-refractivity contribution in [2.75, 3.05) is 17.6 Å². The molecule has 0 saturated heterocycles. The van der Waals surface area contributed by atoms with Gasteiger partial charge < -0.3 is 11.1 Å². The summed E-state index contributed by atoms with van der Waals surface area (Å²) < 4.78 is 0. The van der Waals surface area contributed by atoms with Crippen molar-refractivity contribution in [2.45, 2.75) is 45.4 Å². The molecule has 2 aromatic rings. The highest BCUT2D eigenvalue weighted by Gasteiger charge is 2.22. The average molecular weight is 296 g/mol. The average Bonchev–Trinajstić information content (AvgIpc) is 2.52. The number of nitrogens with two attached hydrogens (primary N) is 1. The molecule has 3 N–H and O–H groups in total. The van der Waals surface area contributed by atoms with Crippen molar-refractivity contribution in [2.24, 2.45) is 0 Å². The van der Waals surface area contributed by atoms with Gasteiger partial charge in [0.15, 0.2) is 0 Å². The van der Waals surface area contributed by atoms with Gasteiger partial charge in [0.05, 0.1) is 0 Å². The molecule has 118 valence electrons. The lowest BCUT2D eigenvalue weighted by atomic mass is 9.78. The fourth-order valence-corrected chi connectivity index (χ4v) is 2.68. The van der Waals surface area contributed by atoms with Crippen molar-refractivity contribution >= 4 is 11.4 Å². The minimum Gasteiger partial charge on any atom is -0.399 e. The number of benzene rings is 2. The Morgan fingerprint density at radius 3 is 1.95 bits per heavy atom. The SMILES string of the molecule is CCCCCNc1ccc(C(C)(C)c2ccc(N)cc2)cc1. The number of anilines is 2. The van der Waals surface area contributed by atoms with Gasteiger partial charge in [-0.2, -0.15) is 0 Å². The number of nitrogens with one attached hydrogen (secondary N) is 1. The van der Waals surface area contributed by atoms with Crippen molar-refractivity contribution < 1.29 is 0 Å². The zero-order chi connectivity index (χ0) is 16.0. The van der Waals surface area contributed by atoms with Gasteiger partial charge in [-0.3, -0.25) is 0 Å². The van der Waals surface area contributed by atoms with E-state index in [1.54, 1.807) is 0 Å². The van der Waals surface area contributed by atoms with Crippen molar-refractivity contribution in [3.8, 4) is 0 Å². The first-order valence-electron chi connectivity index (χ1n) is 8.24. The summed E-state index contributed by atoms with van der Waals surface area (Å²) in [5.41, 5.74) is 10.4. The van der Waals surface area contributed by atoms with Crippen molar-refractivity contribution in [3.05, 3.63) is 59.7 Å². The molecule has 0 unspecified atom stereocenters. The van der Waals surface area contributed by atoms with Crippen molar-refractivity contribution in [1.29, 1.82) is 0 Å². The summed E-state index contributed by atoms with van der Waals surface area (Å²) >= 11 is 0. The normalized spacial score (nSPS) is 11.4. The fourth-order valence-electron chi connectivity index (χ4n) is 2.68. The third-order valence-corrected chi connectivity index (χ3v) is 4.35. The minimum absolute atomic E-state index is 0.0194. The molecular weight excluding hydrogens is 268 g/mol. The molecule has 0 aliphatic carbocycles. The number of hydrogen-bond acceptors (Lipinski definition) is 2. The summed E-state index contributed by atoms with van der Waals surface area (Å²) in [5.74, 6) is 0. The van der Waals surface area contributed by atoms with Crippen molar-refractivity contribution in [1.82, 2.24) is 0 Å². The molecule has 0 aliphatic rings. The molecule has 0 spiro atoms. The van der Waals surface area contributed by atoms with Gasteiger partial charge in [-0.25, -0.2) is 0 Å². The van der Waals surface area contributed by atoms with Gasteiger partial charge in [-0.1, -0.05) is 57.9 Å². The monoisotopic (exact) mass is 296 g/mol. The van der Waals surface area contributed by atoms with Gasteiger partial charge >= 0.3 is 0 Å². The van der Waals surface area contributed by atoms with Gasteiger partial charge in [0.25, 0.3) is 0 Å². The highest BCUT2D eigenvalue weighted by molar-refractivity contribution is 5.49. The van der Waals surface area contributed by atoms with E-state index >= 15 is 0 Å². The van der Waals surface area contributed by atoms with E-state index in [4.69, 9.17) is 5.73 Å². The van der Waals surface area contributed by atoms with Gasteiger partial charge in [-0.05, 0) is 41.8 Å². The van der Waals surface area contributed by atoms with Gasteiger partial charge in [0.1, 0.15) is 0 Å². The Morgan fingerprint density at radius 1 is 0.864 bits per heavy atom. The van der Waals surface area contributed by atoms with Gasteiger partial charge in [-0.15, -0.1) is 0 Å². The second-order valence-electron chi connectivity index (χ2n) is 6.46. The second kappa shape index (κ2) is 7.35. The lowest BCUT2D eigenvalue weighted by molar-refractivity contribution is 0.641. The zero-order valence-corrected chi connectivity index (χ0v) is 14.0. The quantitative estimate of drug-likeness (QED) is 0.544. The predicted octanol–water partition coefficient (Wildman–Crippen LogP) is 5.20. The molecule has 0 saturated carbocycles. The zero-order valence-electron chi connectivity index (χ0n) is 14.0. The van der Waals surface area contributed by atoms with E-state index in [1.165, 1.54) is 36.1 Å². The molecule has 2 rings (SSSR count). The van der Waals surface area contributed by atoms with E-state index < -0.39 is 0 Å². The van der Waals surface area contributed by atoms with Crippen LogP contribution in [0.1, 0.15) is 51.2 Å². The van der Waals surface area contributed by atoms with Crippen LogP contribution < -0.4 is 11.1 Å². The first-order valence-corrected chi connectivity index (χ1v) is 8.24. The molecule has 0 atom stereocenters. The Morgan fingerprint density at radius 2 is 1.41 bits per heavy atom. The molecular formula is C20H28N2. The van der Waals surface area contributed by atoms with Gasteiger partial charge in [0.2, 0.25) is 0 Å². The number of rotatable bonds is 7. The van der Waals surface area contributed by atoms with Crippen LogP contribution in [-0.4, -0.2) is 6.54 Å². The smallest absolute Gasteiger partial charge is 0.0340 e. The van der Waals surface area contributed by atoms with Crippen LogP contribution in [0.4, 0.5) is 11.4 Å². The van der Waals surface area contributed by atoms with E-state index in [0.717, 1.165) is 12.2 Å². The van der Waals surface area contributed by atoms with Crippen molar-refractivity contribution in [3.63, 3.8) is 0 Å². The van der Waals surface area contributed by atoms with E-state index in [0.29, 0.717) is 0 Å². The Labute approximate surface area is 134 Å². The predicted molar refractivity (Wildman–Crippen MR) is 97.4 cm³/mol. The third kappa shape index (κ3) is 4.03. The third-order valence-electron chi connectivity index (χ3n) is 4.35. The Bertz CT molecular complexity index is 568.